The Bertz CT molecular complexity index is 229. The Morgan fingerprint density at radius 1 is 1.43 bits per heavy atom. The topological polar surface area (TPSA) is 38.3 Å². The largest absolute Gasteiger partial charge is 0.444 e. The van der Waals surface area contributed by atoms with Crippen LogP contribution in [0, 0.1) is 0 Å². The Morgan fingerprint density at radius 3 is 2.29 bits per heavy atom. The van der Waals surface area contributed by atoms with Crippen LogP contribution in [0.15, 0.2) is 9.47 Å². The van der Waals surface area contributed by atoms with E-state index in [9.17, 15) is 4.79 Å². The zero-order chi connectivity index (χ0) is 11.4. The number of amides is 1. The first-order chi connectivity index (χ1) is 6.20. The summed E-state index contributed by atoms with van der Waals surface area (Å²) in [6.45, 7) is 7.33. The van der Waals surface area contributed by atoms with E-state index in [0.29, 0.717) is 0 Å². The summed E-state index contributed by atoms with van der Waals surface area (Å²) in [4.78, 5) is 11.3. The highest BCUT2D eigenvalue weighted by Crippen LogP contribution is 2.13. The summed E-state index contributed by atoms with van der Waals surface area (Å²) in [5.74, 6) is 0. The molecule has 0 aliphatic heterocycles. The molecule has 1 amide bonds. The number of halogens is 2. The number of carbonyl (C=O) groups excluding carboxylic acids is 1. The highest BCUT2D eigenvalue weighted by molar-refractivity contribution is 9.28. The summed E-state index contributed by atoms with van der Waals surface area (Å²) in [5.41, 5.74) is -0.459. The van der Waals surface area contributed by atoms with Crippen molar-refractivity contribution < 1.29 is 9.53 Å². The first kappa shape index (κ1) is 14.0. The molecule has 1 atom stereocenters. The predicted octanol–water partition coefficient (Wildman–Crippen LogP) is 3.53. The summed E-state index contributed by atoms with van der Waals surface area (Å²) < 4.78 is 5.88. The third-order valence-corrected chi connectivity index (χ3v) is 1.65. The average Bonchev–Trinajstić information content (AvgIpc) is 1.77. The fraction of sp³-hybridized carbons (Fsp3) is 0.667. The molecule has 3 nitrogen and oxygen atoms in total. The van der Waals surface area contributed by atoms with Crippen LogP contribution in [0.2, 0.25) is 0 Å². The van der Waals surface area contributed by atoms with E-state index in [-0.39, 0.29) is 6.04 Å². The fourth-order valence-corrected chi connectivity index (χ4v) is 1.52. The number of alkyl carbamates (subject to hydrolysis) is 1. The monoisotopic (exact) mass is 327 g/mol. The molecular formula is C9H15Br2NO2. The van der Waals surface area contributed by atoms with Gasteiger partial charge in [-0.15, -0.1) is 0 Å². The van der Waals surface area contributed by atoms with Crippen LogP contribution >= 0.6 is 31.9 Å². The maximum Gasteiger partial charge on any atom is 0.408 e. The van der Waals surface area contributed by atoms with E-state index in [4.69, 9.17) is 4.74 Å². The number of carbonyl (C=O) groups is 1. The molecule has 0 spiro atoms. The quantitative estimate of drug-likeness (QED) is 0.842. The van der Waals surface area contributed by atoms with Crippen LogP contribution in [0.3, 0.4) is 0 Å². The van der Waals surface area contributed by atoms with Crippen LogP contribution in [-0.2, 0) is 4.74 Å². The lowest BCUT2D eigenvalue weighted by molar-refractivity contribution is 0.0518. The molecule has 0 fully saturated rings. The van der Waals surface area contributed by atoms with Gasteiger partial charge >= 0.3 is 6.09 Å². The van der Waals surface area contributed by atoms with Crippen molar-refractivity contribution in [2.24, 2.45) is 0 Å². The van der Waals surface area contributed by atoms with Gasteiger partial charge in [-0.2, -0.15) is 0 Å². The van der Waals surface area contributed by atoms with Gasteiger partial charge in [-0.05, 0) is 65.6 Å². The molecule has 0 aromatic heterocycles. The smallest absolute Gasteiger partial charge is 0.408 e. The first-order valence-corrected chi connectivity index (χ1v) is 5.81. The lowest BCUT2D eigenvalue weighted by atomic mass is 10.2. The van der Waals surface area contributed by atoms with E-state index in [0.717, 1.165) is 3.39 Å². The van der Waals surface area contributed by atoms with Crippen molar-refractivity contribution in [3.8, 4) is 0 Å². The molecule has 0 aromatic carbocycles. The zero-order valence-corrected chi connectivity index (χ0v) is 11.9. The van der Waals surface area contributed by atoms with Crippen molar-refractivity contribution in [1.29, 1.82) is 0 Å². The van der Waals surface area contributed by atoms with Crippen LogP contribution in [0.4, 0.5) is 4.79 Å². The van der Waals surface area contributed by atoms with E-state index in [1.807, 2.05) is 33.8 Å². The van der Waals surface area contributed by atoms with E-state index in [1.165, 1.54) is 0 Å². The molecule has 0 unspecified atom stereocenters. The molecule has 0 rings (SSSR count). The van der Waals surface area contributed by atoms with Crippen LogP contribution < -0.4 is 5.32 Å². The lowest BCUT2D eigenvalue weighted by Crippen LogP contribution is -2.36. The summed E-state index contributed by atoms with van der Waals surface area (Å²) in [7, 11) is 0. The third-order valence-electron chi connectivity index (χ3n) is 1.12. The summed E-state index contributed by atoms with van der Waals surface area (Å²) in [5, 5.41) is 2.67. The van der Waals surface area contributed by atoms with Gasteiger partial charge in [-0.3, -0.25) is 0 Å². The predicted molar refractivity (Wildman–Crippen MR) is 64.8 cm³/mol. The standard InChI is InChI=1S/C9H15Br2NO2/c1-6(5-7(10)11)12-8(13)14-9(2,3)4/h5-6H,1-4H3,(H,12,13)/t6-/m0/s1. The fourth-order valence-electron chi connectivity index (χ4n) is 0.724. The van der Waals surface area contributed by atoms with E-state index in [1.54, 1.807) is 0 Å². The number of hydrogen-bond acceptors (Lipinski definition) is 2. The minimum atomic E-state index is -0.459. The summed E-state index contributed by atoms with van der Waals surface area (Å²) in [6.07, 6.45) is 1.40. The van der Waals surface area contributed by atoms with Crippen molar-refractivity contribution in [2.45, 2.75) is 39.3 Å². The van der Waals surface area contributed by atoms with Crippen molar-refractivity contribution in [1.82, 2.24) is 5.32 Å². The molecule has 0 aliphatic carbocycles. The highest BCUT2D eigenvalue weighted by atomic mass is 79.9. The molecule has 1 N–H and O–H groups in total. The Kier molecular flexibility index (Phi) is 5.74. The molecular weight excluding hydrogens is 314 g/mol. The highest BCUT2D eigenvalue weighted by Gasteiger charge is 2.16. The lowest BCUT2D eigenvalue weighted by Gasteiger charge is -2.20. The second-order valence-corrected chi connectivity index (χ2v) is 6.66. The Balaban J connectivity index is 4.02. The second-order valence-electron chi connectivity index (χ2n) is 3.89. The Labute approximate surface area is 102 Å². The molecule has 0 heterocycles. The minimum Gasteiger partial charge on any atom is -0.444 e. The molecule has 82 valence electrons. The van der Waals surface area contributed by atoms with E-state index in [2.05, 4.69) is 37.2 Å². The summed E-state index contributed by atoms with van der Waals surface area (Å²) >= 11 is 6.42. The maximum absolute atomic E-state index is 11.3. The van der Waals surface area contributed by atoms with Gasteiger partial charge in [-0.1, -0.05) is 0 Å². The Hall–Kier alpha value is -0.0300. The van der Waals surface area contributed by atoms with Gasteiger partial charge in [0, 0.05) is 6.04 Å². The van der Waals surface area contributed by atoms with Crippen molar-refractivity contribution in [2.75, 3.05) is 0 Å². The van der Waals surface area contributed by atoms with Crippen molar-refractivity contribution >= 4 is 38.0 Å². The average molecular weight is 329 g/mol. The van der Waals surface area contributed by atoms with Crippen LogP contribution in [0.1, 0.15) is 27.7 Å². The van der Waals surface area contributed by atoms with E-state index < -0.39 is 11.7 Å². The van der Waals surface area contributed by atoms with Crippen LogP contribution in [0.25, 0.3) is 0 Å². The molecule has 0 aromatic rings. The van der Waals surface area contributed by atoms with Crippen LogP contribution in [-0.4, -0.2) is 17.7 Å². The van der Waals surface area contributed by atoms with Gasteiger partial charge in [0.25, 0.3) is 0 Å². The molecule has 14 heavy (non-hydrogen) atoms. The molecule has 5 heteroatoms. The minimum absolute atomic E-state index is 0.0846. The number of nitrogens with one attached hydrogen (secondary N) is 1. The SMILES string of the molecule is C[C@@H](C=C(Br)Br)NC(=O)OC(C)(C)C. The van der Waals surface area contributed by atoms with Gasteiger partial charge in [0.05, 0.1) is 3.39 Å². The van der Waals surface area contributed by atoms with Crippen molar-refractivity contribution in [3.05, 3.63) is 9.47 Å². The molecule has 0 saturated heterocycles. The van der Waals surface area contributed by atoms with E-state index >= 15 is 0 Å². The van der Waals surface area contributed by atoms with Gasteiger partial charge in [-0.25, -0.2) is 4.79 Å². The first-order valence-electron chi connectivity index (χ1n) is 4.23. The normalized spacial score (nSPS) is 13.0. The van der Waals surface area contributed by atoms with Crippen LogP contribution in [0.5, 0.6) is 0 Å². The summed E-state index contributed by atoms with van der Waals surface area (Å²) in [6, 6.07) is -0.0846. The number of rotatable bonds is 2. The van der Waals surface area contributed by atoms with Crippen molar-refractivity contribution in [3.63, 3.8) is 0 Å². The maximum atomic E-state index is 11.3. The molecule has 0 radical (unpaired) electrons. The molecule has 0 bridgehead atoms. The number of hydrogen-bond donors (Lipinski definition) is 1. The second kappa shape index (κ2) is 5.75. The Morgan fingerprint density at radius 2 is 1.93 bits per heavy atom. The van der Waals surface area contributed by atoms with Gasteiger partial charge in [0.15, 0.2) is 0 Å². The molecule has 0 aliphatic rings. The van der Waals surface area contributed by atoms with Gasteiger partial charge < -0.3 is 10.1 Å². The van der Waals surface area contributed by atoms with Gasteiger partial charge in [0.2, 0.25) is 0 Å². The third kappa shape index (κ3) is 8.56. The number of ether oxygens (including phenoxy) is 1. The zero-order valence-electron chi connectivity index (χ0n) is 8.73. The van der Waals surface area contributed by atoms with Gasteiger partial charge in [0.1, 0.15) is 5.60 Å². The molecule has 0 saturated carbocycles.